The van der Waals surface area contributed by atoms with Crippen molar-refractivity contribution < 1.29 is 27.4 Å². The Labute approximate surface area is 184 Å². The normalized spacial score (nSPS) is 11.0. The van der Waals surface area contributed by atoms with Crippen LogP contribution in [0.1, 0.15) is 0 Å². The SMILES string of the molecule is COc1cc(NC(=O)Cn2nc(S(=O)(=O)c3ccccc3)ccc2=O)cc(OC)c1OC. The van der Waals surface area contributed by atoms with E-state index in [9.17, 15) is 18.0 Å². The molecule has 1 aromatic heterocycles. The average molecular weight is 459 g/mol. The minimum absolute atomic E-state index is 0.0274. The first kappa shape index (κ1) is 22.8. The highest BCUT2D eigenvalue weighted by Gasteiger charge is 2.21. The maximum atomic E-state index is 12.8. The molecule has 1 N–H and O–H groups in total. The number of amides is 1. The molecule has 0 fully saturated rings. The largest absolute Gasteiger partial charge is 0.493 e. The molecule has 2 aromatic carbocycles. The van der Waals surface area contributed by atoms with E-state index in [0.717, 1.165) is 16.8 Å². The number of sulfone groups is 1. The number of carbonyl (C=O) groups excluding carboxylic acids is 1. The summed E-state index contributed by atoms with van der Waals surface area (Å²) in [5.74, 6) is 0.398. The van der Waals surface area contributed by atoms with Gasteiger partial charge in [-0.2, -0.15) is 5.10 Å². The first-order chi connectivity index (χ1) is 15.3. The Bertz CT molecular complexity index is 1260. The van der Waals surface area contributed by atoms with E-state index in [1.54, 1.807) is 18.2 Å². The topological polar surface area (TPSA) is 126 Å². The zero-order chi connectivity index (χ0) is 23.3. The summed E-state index contributed by atoms with van der Waals surface area (Å²) in [6, 6.07) is 12.9. The minimum Gasteiger partial charge on any atom is -0.493 e. The molecule has 0 atom stereocenters. The highest BCUT2D eigenvalue weighted by molar-refractivity contribution is 7.91. The first-order valence-corrected chi connectivity index (χ1v) is 10.8. The van der Waals surface area contributed by atoms with E-state index < -0.39 is 27.8 Å². The molecule has 0 radical (unpaired) electrons. The Balaban J connectivity index is 1.86. The van der Waals surface area contributed by atoms with E-state index in [4.69, 9.17) is 14.2 Å². The standard InChI is InChI=1S/C21H21N3O7S/c1-29-16-11-14(12-17(30-2)21(16)31-3)22-18(25)13-24-20(26)10-9-19(23-24)32(27,28)15-7-5-4-6-8-15/h4-12H,13H2,1-3H3,(H,22,25). The van der Waals surface area contributed by atoms with Crippen molar-refractivity contribution in [3.8, 4) is 17.2 Å². The second kappa shape index (κ2) is 9.52. The minimum atomic E-state index is -3.95. The van der Waals surface area contributed by atoms with E-state index in [1.165, 1.54) is 45.6 Å². The summed E-state index contributed by atoms with van der Waals surface area (Å²) in [6.07, 6.45) is 0. The highest BCUT2D eigenvalue weighted by Crippen LogP contribution is 2.39. The number of hydrogen-bond donors (Lipinski definition) is 1. The molecule has 3 rings (SSSR count). The van der Waals surface area contributed by atoms with Crippen LogP contribution in [0.25, 0.3) is 0 Å². The van der Waals surface area contributed by atoms with Crippen molar-refractivity contribution >= 4 is 21.4 Å². The van der Waals surface area contributed by atoms with E-state index >= 15 is 0 Å². The number of benzene rings is 2. The molecule has 0 aliphatic heterocycles. The molecular formula is C21H21N3O7S. The fraction of sp³-hybridized carbons (Fsp3) is 0.190. The Kier molecular flexibility index (Phi) is 6.79. The van der Waals surface area contributed by atoms with Gasteiger partial charge >= 0.3 is 0 Å². The monoisotopic (exact) mass is 459 g/mol. The molecule has 0 bridgehead atoms. The van der Waals surface area contributed by atoms with Crippen LogP contribution in [-0.2, 0) is 21.2 Å². The van der Waals surface area contributed by atoms with Crippen molar-refractivity contribution in [2.75, 3.05) is 26.6 Å². The van der Waals surface area contributed by atoms with E-state index in [0.29, 0.717) is 22.9 Å². The van der Waals surface area contributed by atoms with Crippen molar-refractivity contribution in [1.82, 2.24) is 9.78 Å². The van der Waals surface area contributed by atoms with Gasteiger partial charge in [0.05, 0.1) is 26.2 Å². The van der Waals surface area contributed by atoms with Gasteiger partial charge in [-0.25, -0.2) is 13.1 Å². The van der Waals surface area contributed by atoms with Gasteiger partial charge in [0.2, 0.25) is 21.5 Å². The third-order valence-electron chi connectivity index (χ3n) is 4.41. The molecular weight excluding hydrogens is 438 g/mol. The molecule has 0 aliphatic carbocycles. The van der Waals surface area contributed by atoms with Crippen molar-refractivity contribution in [2.24, 2.45) is 0 Å². The number of nitrogens with one attached hydrogen (secondary N) is 1. The number of rotatable bonds is 8. The van der Waals surface area contributed by atoms with E-state index in [-0.39, 0.29) is 9.92 Å². The lowest BCUT2D eigenvalue weighted by Crippen LogP contribution is -2.30. The second-order valence-corrected chi connectivity index (χ2v) is 8.34. The maximum Gasteiger partial charge on any atom is 0.267 e. The smallest absolute Gasteiger partial charge is 0.267 e. The molecule has 32 heavy (non-hydrogen) atoms. The van der Waals surface area contributed by atoms with E-state index in [1.807, 2.05) is 0 Å². The molecule has 11 heteroatoms. The van der Waals surface area contributed by atoms with Gasteiger partial charge in [-0.1, -0.05) is 18.2 Å². The van der Waals surface area contributed by atoms with Gasteiger partial charge in [0.15, 0.2) is 16.5 Å². The summed E-state index contributed by atoms with van der Waals surface area (Å²) < 4.78 is 42.0. The van der Waals surface area contributed by atoms with Crippen LogP contribution in [0.2, 0.25) is 0 Å². The third-order valence-corrected chi connectivity index (χ3v) is 6.07. The molecule has 1 amide bonds. The summed E-state index contributed by atoms with van der Waals surface area (Å²) >= 11 is 0. The fourth-order valence-electron chi connectivity index (χ4n) is 2.90. The van der Waals surface area contributed by atoms with Gasteiger partial charge in [0, 0.05) is 23.9 Å². The van der Waals surface area contributed by atoms with Crippen molar-refractivity contribution in [3.63, 3.8) is 0 Å². The number of anilines is 1. The van der Waals surface area contributed by atoms with Crippen LogP contribution in [0, 0.1) is 0 Å². The first-order valence-electron chi connectivity index (χ1n) is 9.28. The quantitative estimate of drug-likeness (QED) is 0.540. The average Bonchev–Trinajstić information content (AvgIpc) is 2.80. The number of nitrogens with zero attached hydrogens (tertiary/aromatic N) is 2. The predicted octanol–water partition coefficient (Wildman–Crippen LogP) is 1.74. The van der Waals surface area contributed by atoms with Crippen LogP contribution in [0.3, 0.4) is 0 Å². The lowest BCUT2D eigenvalue weighted by molar-refractivity contribution is -0.117. The molecule has 0 aliphatic rings. The number of aromatic nitrogens is 2. The highest BCUT2D eigenvalue weighted by atomic mass is 32.2. The molecule has 0 unspecified atom stereocenters. The fourth-order valence-corrected chi connectivity index (χ4v) is 4.11. The number of hydrogen-bond acceptors (Lipinski definition) is 8. The Morgan fingerprint density at radius 2 is 1.59 bits per heavy atom. The van der Waals surface area contributed by atoms with Gasteiger partial charge in [-0.3, -0.25) is 9.59 Å². The van der Waals surface area contributed by atoms with Crippen molar-refractivity contribution in [3.05, 3.63) is 65.0 Å². The van der Waals surface area contributed by atoms with Crippen LogP contribution in [0.15, 0.2) is 69.3 Å². The van der Waals surface area contributed by atoms with Crippen LogP contribution in [0.4, 0.5) is 5.69 Å². The third kappa shape index (κ3) is 4.72. The predicted molar refractivity (Wildman–Crippen MR) is 115 cm³/mol. The maximum absolute atomic E-state index is 12.8. The van der Waals surface area contributed by atoms with Gasteiger partial charge in [0.25, 0.3) is 5.56 Å². The van der Waals surface area contributed by atoms with E-state index in [2.05, 4.69) is 10.4 Å². The lowest BCUT2D eigenvalue weighted by atomic mass is 10.2. The number of methoxy groups -OCH3 is 3. The van der Waals surface area contributed by atoms with Crippen LogP contribution >= 0.6 is 0 Å². The summed E-state index contributed by atoms with van der Waals surface area (Å²) in [5, 5.41) is 6.14. The Morgan fingerprint density at radius 3 is 2.16 bits per heavy atom. The molecule has 10 nitrogen and oxygen atoms in total. The van der Waals surface area contributed by atoms with Crippen molar-refractivity contribution in [1.29, 1.82) is 0 Å². The zero-order valence-corrected chi connectivity index (χ0v) is 18.4. The van der Waals surface area contributed by atoms with Gasteiger partial charge < -0.3 is 19.5 Å². The molecule has 0 saturated heterocycles. The summed E-state index contributed by atoms with van der Waals surface area (Å²) in [7, 11) is 0.375. The molecule has 0 spiro atoms. The molecule has 0 saturated carbocycles. The molecule has 3 aromatic rings. The second-order valence-electron chi connectivity index (χ2n) is 6.45. The summed E-state index contributed by atoms with van der Waals surface area (Å²) in [6.45, 7) is -0.506. The van der Waals surface area contributed by atoms with Crippen LogP contribution < -0.4 is 25.1 Å². The molecule has 1 heterocycles. The van der Waals surface area contributed by atoms with Gasteiger partial charge in [-0.05, 0) is 18.2 Å². The van der Waals surface area contributed by atoms with Gasteiger partial charge in [-0.15, -0.1) is 0 Å². The Hall–Kier alpha value is -3.86. The Morgan fingerprint density at radius 1 is 0.969 bits per heavy atom. The van der Waals surface area contributed by atoms with Gasteiger partial charge in [0.1, 0.15) is 6.54 Å². The van der Waals surface area contributed by atoms with Crippen LogP contribution in [-0.4, -0.2) is 45.4 Å². The lowest BCUT2D eigenvalue weighted by Gasteiger charge is -2.15. The number of carbonyl (C=O) groups is 1. The molecule has 168 valence electrons. The summed E-state index contributed by atoms with van der Waals surface area (Å²) in [4.78, 5) is 24.7. The zero-order valence-electron chi connectivity index (χ0n) is 17.6. The van der Waals surface area contributed by atoms with Crippen LogP contribution in [0.5, 0.6) is 17.2 Å². The number of ether oxygens (including phenoxy) is 3. The van der Waals surface area contributed by atoms with Crippen molar-refractivity contribution in [2.45, 2.75) is 16.5 Å². The summed E-state index contributed by atoms with van der Waals surface area (Å²) in [5.41, 5.74) is -0.303.